The molecular formula is C75H99N3O8. The van der Waals surface area contributed by atoms with E-state index in [1.54, 1.807) is 0 Å². The summed E-state index contributed by atoms with van der Waals surface area (Å²) in [5.74, 6) is -0.178. The number of aromatic hydroxyl groups is 1. The first kappa shape index (κ1) is 58.2. The highest BCUT2D eigenvalue weighted by Gasteiger charge is 2.79. The number of rotatable bonds is 9. The number of epoxide rings is 1. The maximum Gasteiger partial charge on any atom is 0.160 e. The second kappa shape index (κ2) is 20.4. The monoisotopic (exact) mass is 1170 g/mol. The number of phenols is 1. The van der Waals surface area contributed by atoms with Gasteiger partial charge in [-0.25, -0.2) is 0 Å². The molecule has 26 atom stereocenters. The Morgan fingerprint density at radius 3 is 2.38 bits per heavy atom. The summed E-state index contributed by atoms with van der Waals surface area (Å²) in [6, 6.07) is 12.3. The van der Waals surface area contributed by atoms with Gasteiger partial charge in [-0.2, -0.15) is 0 Å². The third-order valence-electron chi connectivity index (χ3n) is 27.6. The van der Waals surface area contributed by atoms with E-state index < -0.39 is 69.1 Å². The summed E-state index contributed by atoms with van der Waals surface area (Å²) in [6.07, 6.45) is 27.2. The predicted octanol–water partition coefficient (Wildman–Crippen LogP) is 11.0. The first-order valence-electron chi connectivity index (χ1n) is 34.1. The third-order valence-corrected chi connectivity index (χ3v) is 27.6. The quantitative estimate of drug-likeness (QED) is 0.0676. The number of nitrogens with two attached hydrogens (primary N) is 1. The fourth-order valence-corrected chi connectivity index (χ4v) is 24.8. The summed E-state index contributed by atoms with van der Waals surface area (Å²) in [5, 5.41) is 70.4. The Hall–Kier alpha value is -4.20. The summed E-state index contributed by atoms with van der Waals surface area (Å²) < 4.78 is 7.08. The van der Waals surface area contributed by atoms with Gasteiger partial charge < -0.3 is 46.6 Å². The highest BCUT2D eigenvalue weighted by molar-refractivity contribution is 6.01. The summed E-state index contributed by atoms with van der Waals surface area (Å²) in [4.78, 5) is 33.1. The number of ether oxygens (including phenoxy) is 1. The molecule has 16 rings (SSSR count). The summed E-state index contributed by atoms with van der Waals surface area (Å²) >= 11 is 0. The zero-order chi connectivity index (χ0) is 59.9. The lowest BCUT2D eigenvalue weighted by atomic mass is 9.29. The lowest BCUT2D eigenvalue weighted by Crippen LogP contribution is -2.75. The molecule has 0 amide bonds. The summed E-state index contributed by atoms with van der Waals surface area (Å²) in [5.41, 5.74) is 9.76. The number of nitrogen functional groups attached to an aromatic ring is 1. The van der Waals surface area contributed by atoms with Crippen molar-refractivity contribution in [3.63, 3.8) is 0 Å². The molecule has 0 radical (unpaired) electrons. The minimum Gasteiger partial charge on any atom is -0.508 e. The van der Waals surface area contributed by atoms with E-state index in [0.717, 1.165) is 80.2 Å². The topological polar surface area (TPSA) is 198 Å². The molecule has 2 saturated heterocycles. The van der Waals surface area contributed by atoms with Gasteiger partial charge in [-0.05, 0) is 237 Å². The Kier molecular flexibility index (Phi) is 13.8. The van der Waals surface area contributed by atoms with Crippen LogP contribution in [0.15, 0.2) is 96.2 Å². The number of benzene rings is 2. The van der Waals surface area contributed by atoms with Gasteiger partial charge in [-0.15, -0.1) is 0 Å². The lowest BCUT2D eigenvalue weighted by Gasteiger charge is -2.75. The van der Waals surface area contributed by atoms with Crippen LogP contribution in [0.5, 0.6) is 5.75 Å². The van der Waals surface area contributed by atoms with Gasteiger partial charge in [0.05, 0.1) is 35.4 Å². The van der Waals surface area contributed by atoms with Crippen LogP contribution in [0.25, 0.3) is 0 Å². The molecule has 7 fully saturated rings. The molecule has 9 N–H and O–H groups in total. The Labute approximate surface area is 511 Å². The van der Waals surface area contributed by atoms with Crippen molar-refractivity contribution >= 4 is 17.3 Å². The van der Waals surface area contributed by atoms with Crippen LogP contribution >= 0.6 is 0 Å². The van der Waals surface area contributed by atoms with E-state index in [9.17, 15) is 25.5 Å². The first-order chi connectivity index (χ1) is 41.1. The normalized spacial score (nSPS) is 48.8. The average Bonchev–Trinajstić information content (AvgIpc) is 1.38. The molecule has 86 heavy (non-hydrogen) atoms. The van der Waals surface area contributed by atoms with E-state index in [0.29, 0.717) is 57.5 Å². The number of carbonyl (C=O) groups is 2. The number of ketones is 2. The number of nitrogens with one attached hydrogen (secondary N) is 2. The molecule has 11 heteroatoms. The highest BCUT2D eigenvalue weighted by Crippen LogP contribution is 2.81. The fourth-order valence-electron chi connectivity index (χ4n) is 24.8. The van der Waals surface area contributed by atoms with Crippen LogP contribution in [0.2, 0.25) is 0 Å². The predicted molar refractivity (Wildman–Crippen MR) is 334 cm³/mol. The number of aliphatic hydroxyl groups excluding tert-OH is 3. The molecule has 462 valence electrons. The van der Waals surface area contributed by atoms with Crippen LogP contribution in [0.3, 0.4) is 0 Å². The maximum absolute atomic E-state index is 16.6. The number of hydrogen-bond acceptors (Lipinski definition) is 11. The maximum atomic E-state index is 16.6. The van der Waals surface area contributed by atoms with Gasteiger partial charge in [0.1, 0.15) is 17.6 Å². The summed E-state index contributed by atoms with van der Waals surface area (Å²) in [7, 11) is 1.91. The van der Waals surface area contributed by atoms with Gasteiger partial charge >= 0.3 is 0 Å². The molecule has 11 nitrogen and oxygen atoms in total. The van der Waals surface area contributed by atoms with Gasteiger partial charge in [-0.3, -0.25) is 9.59 Å². The average molecular weight is 1170 g/mol. The summed E-state index contributed by atoms with van der Waals surface area (Å²) in [6.45, 7) is 14.6. The molecule has 14 aliphatic rings. The zero-order valence-corrected chi connectivity index (χ0v) is 52.3. The highest BCUT2D eigenvalue weighted by atomic mass is 16.6. The van der Waals surface area contributed by atoms with Crippen LogP contribution in [-0.4, -0.2) is 92.4 Å². The zero-order valence-electron chi connectivity index (χ0n) is 52.3. The standard InChI is InChI=1S/C75H99N3O8/c1-39(2)26-40-27-44(31-46(76)29-40)48-12-10-13-52(48)73(6)69(86-73)66(83)50-18-17-49-51-33-42(15-20-57(51)80)61-43-16-21-58(81)55(34-43)75-35-56-67-72(5,60(75)22-19-53-65(64(50)63(49)61)59(82)36-71(53,75)4)54-14-11-25-74(67,24-9-8-23-70(3,85)38-78-56)68(84)62(54)45-28-41(37-77-7)30-47(79)32-45/h11,14-18,20-21,27-32,39,42-43,48-52,54-58,60-64,66-67,69,77-81,83,85H,8-10,12-13,19,22-26,33-38,76H2,1-7H3. The van der Waals surface area contributed by atoms with E-state index >= 15 is 9.59 Å². The van der Waals surface area contributed by atoms with Gasteiger partial charge in [0.15, 0.2) is 5.78 Å². The van der Waals surface area contributed by atoms with Crippen molar-refractivity contribution in [2.75, 3.05) is 19.3 Å². The first-order valence-corrected chi connectivity index (χ1v) is 34.1. The SMILES string of the molecule is CNCc1cc(O)cc(C2C(=O)C34CC=CC2C2(C)C3C(CC35C6CC(C=CC6O)C6C7C=CC(O)C(C7)C7C=CC(C(O)C8OC8(C)C8CCCC8c8cc(N)cc(CC(C)C)c8)C(C8=C(CCC23)C5(C)CC8=O)C76)NCC(C)(O)CCCC4)c1. The number of hydrogen-bond donors (Lipinski definition) is 8. The molecule has 2 spiro atoms. The van der Waals surface area contributed by atoms with Crippen LogP contribution < -0.4 is 16.4 Å². The molecule has 5 saturated carbocycles. The van der Waals surface area contributed by atoms with E-state index in [4.69, 9.17) is 10.5 Å². The van der Waals surface area contributed by atoms with Gasteiger partial charge in [0.25, 0.3) is 0 Å². The van der Waals surface area contributed by atoms with E-state index in [1.165, 1.54) is 16.7 Å². The number of β-amino-alcohol motifs (C(OH)–C–C–N with tert-alkyl or cyclic N) is 1. The van der Waals surface area contributed by atoms with Crippen molar-refractivity contribution in [3.8, 4) is 5.75 Å². The van der Waals surface area contributed by atoms with E-state index in [2.05, 4.69) is 112 Å². The largest absolute Gasteiger partial charge is 0.508 e. The Morgan fingerprint density at radius 2 is 1.59 bits per heavy atom. The smallest absolute Gasteiger partial charge is 0.160 e. The molecule has 2 aromatic rings. The molecule has 2 aliphatic heterocycles. The number of aliphatic hydroxyl groups is 4. The van der Waals surface area contributed by atoms with Crippen molar-refractivity contribution in [3.05, 3.63) is 118 Å². The molecule has 12 aliphatic carbocycles. The second-order valence-corrected chi connectivity index (χ2v) is 32.3. The number of phenolic OH excluding ortho intramolecular Hbond substituents is 1. The van der Waals surface area contributed by atoms with Crippen molar-refractivity contribution < 1.29 is 39.9 Å². The minimum absolute atomic E-state index is 0.0190. The molecular weight excluding hydrogens is 1070 g/mol. The molecule has 10 bridgehead atoms. The van der Waals surface area contributed by atoms with Crippen LogP contribution in [0.1, 0.15) is 166 Å². The lowest BCUT2D eigenvalue weighted by molar-refractivity contribution is -0.243. The number of Topliss-reactive ketones (excluding diaryl/α,β-unsaturated/α-hetero) is 2. The Bertz CT molecular complexity index is 3250. The second-order valence-electron chi connectivity index (χ2n) is 32.3. The third kappa shape index (κ3) is 8.27. The number of fused-ring (bicyclic) bond motifs is 10. The van der Waals surface area contributed by atoms with Crippen LogP contribution in [0.4, 0.5) is 5.69 Å². The Balaban J connectivity index is 0.906. The number of anilines is 1. The van der Waals surface area contributed by atoms with Gasteiger partial charge in [0, 0.05) is 48.0 Å². The van der Waals surface area contributed by atoms with Crippen molar-refractivity contribution in [1.29, 1.82) is 0 Å². The fraction of sp³-hybridized carbons (Fsp3) is 0.680. The van der Waals surface area contributed by atoms with Gasteiger partial charge in [0.2, 0.25) is 0 Å². The molecule has 26 unspecified atom stereocenters. The van der Waals surface area contributed by atoms with Crippen LogP contribution in [0, 0.1) is 105 Å². The Morgan fingerprint density at radius 1 is 0.826 bits per heavy atom. The number of allylic oxidation sites excluding steroid dienone is 7. The molecule has 2 heterocycles. The molecule has 2 aromatic carbocycles. The van der Waals surface area contributed by atoms with E-state index in [-0.39, 0.29) is 100 Å². The van der Waals surface area contributed by atoms with Crippen molar-refractivity contribution in [2.24, 2.45) is 105 Å². The van der Waals surface area contributed by atoms with Crippen LogP contribution in [-0.2, 0) is 27.3 Å². The van der Waals surface area contributed by atoms with Crippen molar-refractivity contribution in [2.45, 2.75) is 198 Å². The molecule has 0 aromatic heterocycles. The van der Waals surface area contributed by atoms with Crippen molar-refractivity contribution in [1.82, 2.24) is 10.6 Å². The number of carbonyl (C=O) groups excluding carboxylic acids is 2. The van der Waals surface area contributed by atoms with E-state index in [1.807, 2.05) is 32.2 Å². The van der Waals surface area contributed by atoms with Gasteiger partial charge in [-0.1, -0.05) is 113 Å². The minimum atomic E-state index is -0.982.